The van der Waals surface area contributed by atoms with E-state index >= 15 is 0 Å². The van der Waals surface area contributed by atoms with E-state index in [-0.39, 0.29) is 0 Å². The highest BCUT2D eigenvalue weighted by Crippen LogP contribution is 2.28. The Balaban J connectivity index is 2.41. The molecular formula is C11H9N3. The molecule has 2 aromatic heterocycles. The maximum Gasteiger partial charge on any atom is 0.139 e. The molecule has 0 spiro atoms. The second-order valence-electron chi connectivity index (χ2n) is 3.24. The quantitative estimate of drug-likeness (QED) is 0.670. The molecule has 1 N–H and O–H groups in total. The fraction of sp³-hybridized carbons (Fsp3) is 0.0909. The number of nitrogens with one attached hydrogen (secondary N) is 1. The van der Waals surface area contributed by atoms with Crippen LogP contribution in [0, 0.1) is 0 Å². The molecule has 0 unspecified atom stereocenters. The number of rotatable bonds is 0. The summed E-state index contributed by atoms with van der Waals surface area (Å²) in [5.41, 5.74) is 3.13. The Labute approximate surface area is 81.2 Å². The largest absolute Gasteiger partial charge is 0.338 e. The molecule has 68 valence electrons. The van der Waals surface area contributed by atoms with Gasteiger partial charge in [-0.2, -0.15) is 0 Å². The van der Waals surface area contributed by atoms with Crippen molar-refractivity contribution in [1.29, 1.82) is 0 Å². The molecule has 3 heterocycles. The van der Waals surface area contributed by atoms with Gasteiger partial charge in [0, 0.05) is 24.4 Å². The highest BCUT2D eigenvalue weighted by molar-refractivity contribution is 5.93. The van der Waals surface area contributed by atoms with Gasteiger partial charge in [0.1, 0.15) is 5.82 Å². The molecule has 0 bridgehead atoms. The molecule has 0 saturated carbocycles. The summed E-state index contributed by atoms with van der Waals surface area (Å²) in [4.78, 5) is 11.9. The fourth-order valence-electron chi connectivity index (χ4n) is 1.68. The number of allylic oxidation sites excluding steroid dienone is 1. The molecular weight excluding hydrogens is 174 g/mol. The Hall–Kier alpha value is -1.90. The van der Waals surface area contributed by atoms with E-state index in [0.717, 1.165) is 28.8 Å². The highest BCUT2D eigenvalue weighted by Gasteiger charge is 2.09. The van der Waals surface area contributed by atoms with Gasteiger partial charge < -0.3 is 4.98 Å². The van der Waals surface area contributed by atoms with E-state index in [9.17, 15) is 0 Å². The van der Waals surface area contributed by atoms with Crippen LogP contribution in [0.25, 0.3) is 17.1 Å². The summed E-state index contributed by atoms with van der Waals surface area (Å²) in [6.07, 6.45) is 8.76. The molecule has 3 nitrogen and oxygen atoms in total. The molecule has 0 radical (unpaired) electrons. The van der Waals surface area contributed by atoms with Crippen LogP contribution in [0.15, 0.2) is 29.4 Å². The topological polar surface area (TPSA) is 41.0 Å². The van der Waals surface area contributed by atoms with Gasteiger partial charge in [-0.1, -0.05) is 12.2 Å². The Kier molecular flexibility index (Phi) is 1.50. The van der Waals surface area contributed by atoms with Gasteiger partial charge in [-0.3, -0.25) is 4.98 Å². The third-order valence-corrected chi connectivity index (χ3v) is 2.32. The molecule has 1 aliphatic rings. The predicted molar refractivity (Wildman–Crippen MR) is 57.9 cm³/mol. The number of aromatic amines is 1. The maximum atomic E-state index is 4.34. The summed E-state index contributed by atoms with van der Waals surface area (Å²) in [5.74, 6) is 0.910. The molecule has 0 aliphatic carbocycles. The van der Waals surface area contributed by atoms with E-state index in [1.807, 2.05) is 18.3 Å². The van der Waals surface area contributed by atoms with Crippen molar-refractivity contribution in [2.45, 2.75) is 6.42 Å². The van der Waals surface area contributed by atoms with Crippen LogP contribution in [0.4, 0.5) is 5.82 Å². The molecule has 0 fully saturated rings. The van der Waals surface area contributed by atoms with Gasteiger partial charge in [0.05, 0.1) is 11.0 Å². The minimum Gasteiger partial charge on any atom is -0.338 e. The van der Waals surface area contributed by atoms with E-state index in [2.05, 4.69) is 27.1 Å². The van der Waals surface area contributed by atoms with Crippen molar-refractivity contribution in [1.82, 2.24) is 9.97 Å². The number of aromatic nitrogens is 2. The zero-order valence-corrected chi connectivity index (χ0v) is 7.57. The van der Waals surface area contributed by atoms with Crippen LogP contribution in [-0.2, 0) is 0 Å². The molecule has 1 aliphatic heterocycles. The van der Waals surface area contributed by atoms with E-state index < -0.39 is 0 Å². The zero-order chi connectivity index (χ0) is 9.38. The molecule has 0 saturated heterocycles. The Bertz CT molecular complexity index is 534. The van der Waals surface area contributed by atoms with Gasteiger partial charge in [-0.15, -0.1) is 0 Å². The first-order chi connectivity index (χ1) is 6.95. The molecule has 0 aromatic carbocycles. The second kappa shape index (κ2) is 2.80. The number of hydrogen-bond donors (Lipinski definition) is 1. The van der Waals surface area contributed by atoms with Crippen LogP contribution < -0.4 is 0 Å². The minimum absolute atomic E-state index is 0.886. The van der Waals surface area contributed by atoms with Crippen LogP contribution in [0.1, 0.15) is 12.0 Å². The summed E-state index contributed by atoms with van der Waals surface area (Å²) in [5, 5.41) is 0. The van der Waals surface area contributed by atoms with Gasteiger partial charge in [-0.05, 0) is 12.1 Å². The van der Waals surface area contributed by atoms with Gasteiger partial charge in [0.15, 0.2) is 0 Å². The summed E-state index contributed by atoms with van der Waals surface area (Å²) in [6.45, 7) is 0. The SMILES string of the molecule is C1=Cc2c([nH]c3cccnc23)N=CC1. The van der Waals surface area contributed by atoms with Crippen LogP contribution in [-0.4, -0.2) is 16.2 Å². The minimum atomic E-state index is 0.886. The average molecular weight is 183 g/mol. The van der Waals surface area contributed by atoms with Crippen LogP contribution in [0.2, 0.25) is 0 Å². The van der Waals surface area contributed by atoms with Crippen molar-refractivity contribution in [3.8, 4) is 0 Å². The molecule has 0 amide bonds. The lowest BCUT2D eigenvalue weighted by atomic mass is 10.2. The van der Waals surface area contributed by atoms with Crippen molar-refractivity contribution in [2.24, 2.45) is 4.99 Å². The molecule has 3 heteroatoms. The Morgan fingerprint density at radius 2 is 2.36 bits per heavy atom. The first kappa shape index (κ1) is 7.50. The van der Waals surface area contributed by atoms with Gasteiger partial charge in [-0.25, -0.2) is 4.99 Å². The van der Waals surface area contributed by atoms with E-state index in [0.29, 0.717) is 0 Å². The second-order valence-corrected chi connectivity index (χ2v) is 3.24. The fourth-order valence-corrected chi connectivity index (χ4v) is 1.68. The molecule has 3 rings (SSSR count). The van der Waals surface area contributed by atoms with Gasteiger partial charge >= 0.3 is 0 Å². The summed E-state index contributed by atoms with van der Waals surface area (Å²) < 4.78 is 0. The number of nitrogens with zero attached hydrogens (tertiary/aromatic N) is 2. The number of hydrogen-bond acceptors (Lipinski definition) is 2. The van der Waals surface area contributed by atoms with Crippen LogP contribution >= 0.6 is 0 Å². The number of aliphatic imine (C=N–C) groups is 1. The van der Waals surface area contributed by atoms with Crippen molar-refractivity contribution >= 4 is 29.1 Å². The van der Waals surface area contributed by atoms with Crippen molar-refractivity contribution < 1.29 is 0 Å². The normalized spacial score (nSPS) is 14.3. The average Bonchev–Trinajstić information content (AvgIpc) is 2.42. The first-order valence-corrected chi connectivity index (χ1v) is 4.61. The van der Waals surface area contributed by atoms with Gasteiger partial charge in [0.25, 0.3) is 0 Å². The third-order valence-electron chi connectivity index (χ3n) is 2.32. The Morgan fingerprint density at radius 3 is 3.36 bits per heavy atom. The number of pyridine rings is 1. The van der Waals surface area contributed by atoms with Crippen molar-refractivity contribution in [3.05, 3.63) is 30.0 Å². The molecule has 14 heavy (non-hydrogen) atoms. The molecule has 0 atom stereocenters. The standard InChI is InChI=1S/C11H9N3/c1-2-6-13-11-8(4-1)10-9(14-11)5-3-7-12-10/h1,3-7,14H,2H2. The first-order valence-electron chi connectivity index (χ1n) is 4.61. The Morgan fingerprint density at radius 1 is 1.36 bits per heavy atom. The summed E-state index contributed by atoms with van der Waals surface area (Å²) in [6, 6.07) is 3.94. The lowest BCUT2D eigenvalue weighted by Gasteiger charge is -1.89. The third kappa shape index (κ3) is 0.988. The van der Waals surface area contributed by atoms with Crippen LogP contribution in [0.3, 0.4) is 0 Å². The summed E-state index contributed by atoms with van der Waals surface area (Å²) >= 11 is 0. The maximum absolute atomic E-state index is 4.34. The number of fused-ring (bicyclic) bond motifs is 3. The monoisotopic (exact) mass is 183 g/mol. The lowest BCUT2D eigenvalue weighted by molar-refractivity contribution is 1.36. The van der Waals surface area contributed by atoms with Crippen molar-refractivity contribution in [3.63, 3.8) is 0 Å². The number of H-pyrrole nitrogens is 1. The zero-order valence-electron chi connectivity index (χ0n) is 7.57. The summed E-state index contributed by atoms with van der Waals surface area (Å²) in [7, 11) is 0. The predicted octanol–water partition coefficient (Wildman–Crippen LogP) is 2.68. The van der Waals surface area contributed by atoms with E-state index in [1.165, 1.54) is 0 Å². The van der Waals surface area contributed by atoms with Crippen LogP contribution in [0.5, 0.6) is 0 Å². The highest BCUT2D eigenvalue weighted by atomic mass is 14.9. The van der Waals surface area contributed by atoms with E-state index in [1.54, 1.807) is 6.20 Å². The van der Waals surface area contributed by atoms with Crippen molar-refractivity contribution in [2.75, 3.05) is 0 Å². The van der Waals surface area contributed by atoms with Gasteiger partial charge in [0.2, 0.25) is 0 Å². The smallest absolute Gasteiger partial charge is 0.139 e. The molecule has 2 aromatic rings. The van der Waals surface area contributed by atoms with E-state index in [4.69, 9.17) is 0 Å². The lowest BCUT2D eigenvalue weighted by Crippen LogP contribution is -1.73.